The molecule has 2 amide bonds. The Balaban J connectivity index is 1.49. The average Bonchev–Trinajstić information content (AvgIpc) is 3.42. The molecule has 1 unspecified atom stereocenters. The summed E-state index contributed by atoms with van der Waals surface area (Å²) >= 11 is 0. The lowest BCUT2D eigenvalue weighted by Crippen LogP contribution is -2.53. The van der Waals surface area contributed by atoms with Crippen LogP contribution in [-0.4, -0.2) is 76.0 Å². The van der Waals surface area contributed by atoms with Crippen LogP contribution >= 0.6 is 0 Å². The molecule has 43 heavy (non-hydrogen) atoms. The van der Waals surface area contributed by atoms with Crippen molar-refractivity contribution < 1.29 is 44.3 Å². The highest BCUT2D eigenvalue weighted by Gasteiger charge is 2.41. The Labute approximate surface area is 249 Å². The van der Waals surface area contributed by atoms with Gasteiger partial charge in [0.15, 0.2) is 0 Å². The van der Waals surface area contributed by atoms with Crippen LogP contribution in [0.1, 0.15) is 52.0 Å². The van der Waals surface area contributed by atoms with Gasteiger partial charge in [0.25, 0.3) is 0 Å². The predicted octanol–water partition coefficient (Wildman–Crippen LogP) is 4.21. The fraction of sp³-hybridized carbons (Fsp3) is 0.500. The maximum atomic E-state index is 13.9. The largest absolute Gasteiger partial charge is 0.444 e. The summed E-state index contributed by atoms with van der Waals surface area (Å²) in [4.78, 5) is 26.8. The monoisotopic (exact) mass is 645 g/mol. The fourth-order valence-corrected chi connectivity index (χ4v) is 8.08. The van der Waals surface area contributed by atoms with Gasteiger partial charge in [-0.1, -0.05) is 18.2 Å². The molecule has 2 fully saturated rings. The van der Waals surface area contributed by atoms with E-state index in [1.807, 2.05) is 0 Å². The molecule has 2 aromatic rings. The van der Waals surface area contributed by atoms with E-state index in [2.05, 4.69) is 4.72 Å². The summed E-state index contributed by atoms with van der Waals surface area (Å²) in [7, 11) is -9.14. The first-order valence-corrected chi connectivity index (χ1v) is 16.7. The summed E-state index contributed by atoms with van der Waals surface area (Å²) < 4.78 is 102. The number of rotatable bonds is 6. The number of sulfone groups is 1. The van der Waals surface area contributed by atoms with Gasteiger partial charge >= 0.3 is 12.3 Å². The van der Waals surface area contributed by atoms with Crippen LogP contribution < -0.4 is 4.72 Å². The van der Waals surface area contributed by atoms with Crippen molar-refractivity contribution in [2.45, 2.75) is 85.0 Å². The zero-order chi connectivity index (χ0) is 31.8. The van der Waals surface area contributed by atoms with Crippen LogP contribution in [0.15, 0.2) is 63.2 Å². The zero-order valence-electron chi connectivity index (χ0n) is 23.9. The number of ether oxygens (including phenoxy) is 1. The predicted molar refractivity (Wildman–Crippen MR) is 149 cm³/mol. The molecule has 10 nitrogen and oxygen atoms in total. The topological polar surface area (TPSA) is 130 Å². The standard InChI is InChI=1S/C28H34F3N3O7S2/c1-27(2,3)41-26(36)34-15-7-10-23(34)25(35)33-16-13-19(14-17-33)32-43(39,40)24-18-21(11-12-22(24)28(29,30)31)42(37,38)20-8-5-4-6-9-20/h4-6,8-9,11-12,18-19,23,32H,7,10,13-17H2,1-3H3. The van der Waals surface area contributed by atoms with E-state index < -0.39 is 65.2 Å². The van der Waals surface area contributed by atoms with E-state index in [4.69, 9.17) is 4.74 Å². The molecule has 0 spiro atoms. The van der Waals surface area contributed by atoms with Crippen molar-refractivity contribution in [1.82, 2.24) is 14.5 Å². The molecule has 2 aliphatic heterocycles. The van der Waals surface area contributed by atoms with E-state index in [0.717, 1.165) is 6.07 Å². The molecule has 15 heteroatoms. The van der Waals surface area contributed by atoms with Gasteiger partial charge in [-0.25, -0.2) is 26.4 Å². The minimum atomic E-state index is -5.07. The molecule has 1 atom stereocenters. The van der Waals surface area contributed by atoms with Crippen LogP contribution in [0.25, 0.3) is 0 Å². The first-order valence-electron chi connectivity index (χ1n) is 13.7. The first-order chi connectivity index (χ1) is 19.9. The number of amides is 2. The van der Waals surface area contributed by atoms with Crippen molar-refractivity contribution in [1.29, 1.82) is 0 Å². The van der Waals surface area contributed by atoms with E-state index in [-0.39, 0.29) is 36.7 Å². The van der Waals surface area contributed by atoms with Gasteiger partial charge in [-0.3, -0.25) is 9.69 Å². The van der Waals surface area contributed by atoms with E-state index in [0.29, 0.717) is 31.5 Å². The molecule has 4 rings (SSSR count). The van der Waals surface area contributed by atoms with Crippen molar-refractivity contribution in [2.24, 2.45) is 0 Å². The number of piperidine rings is 1. The number of benzene rings is 2. The number of hydrogen-bond acceptors (Lipinski definition) is 7. The van der Waals surface area contributed by atoms with Gasteiger partial charge in [0.2, 0.25) is 25.8 Å². The second kappa shape index (κ2) is 12.1. The van der Waals surface area contributed by atoms with Gasteiger partial charge in [0.05, 0.1) is 20.2 Å². The lowest BCUT2D eigenvalue weighted by molar-refractivity contribution is -0.140. The normalized spacial score (nSPS) is 19.0. The molecule has 0 bridgehead atoms. The maximum absolute atomic E-state index is 13.9. The first kappa shape index (κ1) is 32.7. The molecular weight excluding hydrogens is 611 g/mol. The maximum Gasteiger partial charge on any atom is 0.417 e. The van der Waals surface area contributed by atoms with Gasteiger partial charge in [-0.2, -0.15) is 13.2 Å². The minimum absolute atomic E-state index is 0.105. The Morgan fingerprint density at radius 1 is 0.884 bits per heavy atom. The van der Waals surface area contributed by atoms with E-state index in [1.54, 1.807) is 26.8 Å². The summed E-state index contributed by atoms with van der Waals surface area (Å²) in [5.41, 5.74) is -2.23. The number of nitrogens with one attached hydrogen (secondary N) is 1. The summed E-state index contributed by atoms with van der Waals surface area (Å²) in [5.74, 6) is -0.303. The molecule has 236 valence electrons. The lowest BCUT2D eigenvalue weighted by Gasteiger charge is -2.36. The Morgan fingerprint density at radius 3 is 2.09 bits per heavy atom. The van der Waals surface area contributed by atoms with Crippen molar-refractivity contribution in [3.63, 3.8) is 0 Å². The molecule has 0 radical (unpaired) electrons. The molecule has 0 saturated carbocycles. The van der Waals surface area contributed by atoms with E-state index in [1.165, 1.54) is 34.1 Å². The fourth-order valence-electron chi connectivity index (χ4n) is 5.14. The highest BCUT2D eigenvalue weighted by Crippen LogP contribution is 2.36. The van der Waals surface area contributed by atoms with E-state index in [9.17, 15) is 39.6 Å². The second-order valence-electron chi connectivity index (χ2n) is 11.5. The molecule has 0 aliphatic carbocycles. The highest BCUT2D eigenvalue weighted by atomic mass is 32.2. The third-order valence-electron chi connectivity index (χ3n) is 7.21. The number of likely N-dealkylation sites (tertiary alicyclic amines) is 2. The third kappa shape index (κ3) is 7.50. The Morgan fingerprint density at radius 2 is 1.51 bits per heavy atom. The number of carbonyl (C=O) groups is 2. The summed E-state index contributed by atoms with van der Waals surface area (Å²) in [5, 5.41) is 0. The lowest BCUT2D eigenvalue weighted by atomic mass is 10.0. The quantitative estimate of drug-likeness (QED) is 0.498. The van der Waals surface area contributed by atoms with Gasteiger partial charge < -0.3 is 9.64 Å². The average molecular weight is 646 g/mol. The van der Waals surface area contributed by atoms with Gasteiger partial charge in [-0.15, -0.1) is 0 Å². The number of sulfonamides is 1. The molecular formula is C28H34F3N3O7S2. The van der Waals surface area contributed by atoms with Crippen molar-refractivity contribution in [3.05, 3.63) is 54.1 Å². The van der Waals surface area contributed by atoms with Crippen molar-refractivity contribution in [2.75, 3.05) is 19.6 Å². The van der Waals surface area contributed by atoms with Crippen molar-refractivity contribution in [3.8, 4) is 0 Å². The Kier molecular flexibility index (Phi) is 9.20. The van der Waals surface area contributed by atoms with Gasteiger partial charge in [-0.05, 0) is 76.8 Å². The summed E-state index contributed by atoms with van der Waals surface area (Å²) in [6, 6.07) is 7.14. The third-order valence-corrected chi connectivity index (χ3v) is 10.5. The summed E-state index contributed by atoms with van der Waals surface area (Å²) in [6.45, 7) is 5.75. The smallest absolute Gasteiger partial charge is 0.417 e. The van der Waals surface area contributed by atoms with Gasteiger partial charge in [0, 0.05) is 25.7 Å². The van der Waals surface area contributed by atoms with Crippen LogP contribution in [-0.2, 0) is 35.6 Å². The number of carbonyl (C=O) groups excluding carboxylic acids is 2. The van der Waals surface area contributed by atoms with Crippen LogP contribution in [0.2, 0.25) is 0 Å². The van der Waals surface area contributed by atoms with E-state index >= 15 is 0 Å². The molecule has 2 heterocycles. The second-order valence-corrected chi connectivity index (χ2v) is 15.2. The number of alkyl halides is 3. The van der Waals surface area contributed by atoms with Gasteiger partial charge in [0.1, 0.15) is 11.6 Å². The van der Waals surface area contributed by atoms with Crippen LogP contribution in [0.5, 0.6) is 0 Å². The Hall–Kier alpha value is -3.17. The number of nitrogens with zero attached hydrogens (tertiary/aromatic N) is 2. The van der Waals surface area contributed by atoms with Crippen LogP contribution in [0, 0.1) is 0 Å². The molecule has 1 N–H and O–H groups in total. The minimum Gasteiger partial charge on any atom is -0.444 e. The number of halogens is 3. The molecule has 2 aliphatic rings. The SMILES string of the molecule is CC(C)(C)OC(=O)N1CCCC1C(=O)N1CCC(NS(=O)(=O)c2cc(S(=O)(=O)c3ccccc3)ccc2C(F)(F)F)CC1. The zero-order valence-corrected chi connectivity index (χ0v) is 25.6. The van der Waals surface area contributed by atoms with Crippen molar-refractivity contribution >= 4 is 31.9 Å². The highest BCUT2D eigenvalue weighted by molar-refractivity contribution is 7.91. The number of hydrogen-bond donors (Lipinski definition) is 1. The molecule has 2 saturated heterocycles. The van der Waals surface area contributed by atoms with Crippen LogP contribution in [0.4, 0.5) is 18.0 Å². The molecule has 2 aromatic carbocycles. The van der Waals surface area contributed by atoms with Crippen LogP contribution in [0.3, 0.4) is 0 Å². The molecule has 0 aromatic heterocycles. The summed E-state index contributed by atoms with van der Waals surface area (Å²) in [6.07, 6.45) is -4.39. The Bertz CT molecular complexity index is 1570.